The molecule has 1 atom stereocenters. The molecule has 0 radical (unpaired) electrons. The van der Waals surface area contributed by atoms with Crippen LogP contribution >= 0.6 is 11.6 Å². The summed E-state index contributed by atoms with van der Waals surface area (Å²) in [5, 5.41) is 8.52. The molecule has 4 rings (SSSR count). The number of amides is 1. The number of hydrogen-bond acceptors (Lipinski definition) is 5. The zero-order valence-electron chi connectivity index (χ0n) is 16.2. The Hall–Kier alpha value is -3.65. The number of carbonyl (C=O) groups excluding carboxylic acids is 1. The first-order valence-electron chi connectivity index (χ1n) is 9.25. The molecule has 1 amide bonds. The first-order chi connectivity index (χ1) is 14.4. The summed E-state index contributed by atoms with van der Waals surface area (Å²) >= 11 is 6.25. The molecule has 0 aliphatic carbocycles. The van der Waals surface area contributed by atoms with E-state index in [1.54, 1.807) is 48.2 Å². The summed E-state index contributed by atoms with van der Waals surface area (Å²) in [7, 11) is 0. The van der Waals surface area contributed by atoms with Crippen LogP contribution in [-0.4, -0.2) is 25.1 Å². The molecule has 0 fully saturated rings. The molecule has 3 aromatic heterocycles. The van der Waals surface area contributed by atoms with Crippen molar-refractivity contribution < 1.29 is 4.79 Å². The Morgan fingerprint density at radius 1 is 1.40 bits per heavy atom. The summed E-state index contributed by atoms with van der Waals surface area (Å²) < 4.78 is 2.99. The normalized spacial score (nSPS) is 12.2. The lowest BCUT2D eigenvalue weighted by Gasteiger charge is -2.20. The zero-order valence-corrected chi connectivity index (χ0v) is 16.9. The molecule has 0 aliphatic heterocycles. The molecule has 152 valence electrons. The van der Waals surface area contributed by atoms with E-state index in [1.807, 2.05) is 12.1 Å². The van der Waals surface area contributed by atoms with Crippen LogP contribution in [0.5, 0.6) is 0 Å². The maximum Gasteiger partial charge on any atom is 0.260 e. The van der Waals surface area contributed by atoms with Crippen LogP contribution in [-0.2, 0) is 6.54 Å². The number of hydrogen-bond donors (Lipinski definition) is 2. The number of halogens is 1. The van der Waals surface area contributed by atoms with Crippen LogP contribution in [0, 0.1) is 0 Å². The van der Waals surface area contributed by atoms with Gasteiger partial charge >= 0.3 is 0 Å². The van der Waals surface area contributed by atoms with Gasteiger partial charge in [0.25, 0.3) is 11.5 Å². The van der Waals surface area contributed by atoms with E-state index in [0.29, 0.717) is 27.1 Å². The Labute approximate surface area is 176 Å². The maximum absolute atomic E-state index is 13.1. The fraction of sp³-hybridized carbons (Fsp3) is 0.143. The number of carbonyl (C=O) groups is 1. The molecule has 0 saturated carbocycles. The van der Waals surface area contributed by atoms with Crippen molar-refractivity contribution in [1.29, 1.82) is 0 Å². The highest BCUT2D eigenvalue weighted by Gasteiger charge is 2.23. The van der Waals surface area contributed by atoms with Crippen molar-refractivity contribution in [3.05, 3.63) is 82.0 Å². The Kier molecular flexibility index (Phi) is 5.01. The van der Waals surface area contributed by atoms with Gasteiger partial charge in [0.1, 0.15) is 5.56 Å². The summed E-state index contributed by atoms with van der Waals surface area (Å²) in [6.45, 7) is 5.79. The number of aromatic nitrogens is 4. The fourth-order valence-corrected chi connectivity index (χ4v) is 3.78. The van der Waals surface area contributed by atoms with Crippen LogP contribution in [0.3, 0.4) is 0 Å². The van der Waals surface area contributed by atoms with Gasteiger partial charge in [0.05, 0.1) is 16.5 Å². The van der Waals surface area contributed by atoms with Gasteiger partial charge in [-0.2, -0.15) is 0 Å². The number of rotatable bonds is 5. The Morgan fingerprint density at radius 2 is 2.20 bits per heavy atom. The van der Waals surface area contributed by atoms with Crippen molar-refractivity contribution in [1.82, 2.24) is 24.5 Å². The Bertz CT molecular complexity index is 1360. The predicted octanol–water partition coefficient (Wildman–Crippen LogP) is 2.96. The van der Waals surface area contributed by atoms with Gasteiger partial charge in [0, 0.05) is 24.6 Å². The van der Waals surface area contributed by atoms with E-state index in [0.717, 1.165) is 0 Å². The highest BCUT2D eigenvalue weighted by molar-refractivity contribution is 6.35. The van der Waals surface area contributed by atoms with Crippen LogP contribution in [0.1, 0.15) is 29.0 Å². The minimum atomic E-state index is -0.508. The number of allylic oxidation sites excluding steroid dienone is 1. The summed E-state index contributed by atoms with van der Waals surface area (Å²) in [6.07, 6.45) is 4.84. The van der Waals surface area contributed by atoms with Gasteiger partial charge in [-0.3, -0.25) is 9.59 Å². The zero-order chi connectivity index (χ0) is 21.4. The molecular weight excluding hydrogens is 404 g/mol. The average molecular weight is 423 g/mol. The fourth-order valence-electron chi connectivity index (χ4n) is 3.52. The summed E-state index contributed by atoms with van der Waals surface area (Å²) in [5.41, 5.74) is 6.86. The minimum absolute atomic E-state index is 0.0761. The smallest absolute Gasteiger partial charge is 0.260 e. The third kappa shape index (κ3) is 3.21. The lowest BCUT2D eigenvalue weighted by Crippen LogP contribution is -2.33. The number of benzene rings is 1. The quantitative estimate of drug-likeness (QED) is 0.481. The van der Waals surface area contributed by atoms with E-state index in [1.165, 1.54) is 4.52 Å². The molecule has 0 saturated heterocycles. The summed E-state index contributed by atoms with van der Waals surface area (Å²) in [6, 6.07) is 8.29. The van der Waals surface area contributed by atoms with Crippen LogP contribution < -0.4 is 16.6 Å². The molecule has 4 aromatic rings. The molecule has 3 heterocycles. The number of nitrogen functional groups attached to an aromatic ring is 1. The lowest BCUT2D eigenvalue weighted by atomic mass is 10.1. The molecule has 0 bridgehead atoms. The minimum Gasteiger partial charge on any atom is -0.381 e. The largest absolute Gasteiger partial charge is 0.381 e. The molecule has 8 nitrogen and oxygen atoms in total. The Balaban J connectivity index is 1.77. The van der Waals surface area contributed by atoms with Crippen molar-refractivity contribution in [2.45, 2.75) is 19.5 Å². The highest BCUT2D eigenvalue weighted by atomic mass is 35.5. The van der Waals surface area contributed by atoms with Crippen LogP contribution in [0.15, 0.2) is 60.2 Å². The van der Waals surface area contributed by atoms with Gasteiger partial charge < -0.3 is 15.6 Å². The van der Waals surface area contributed by atoms with Gasteiger partial charge in [-0.1, -0.05) is 29.8 Å². The van der Waals surface area contributed by atoms with E-state index in [4.69, 9.17) is 17.3 Å². The molecule has 3 N–H and O–H groups in total. The lowest BCUT2D eigenvalue weighted by molar-refractivity contribution is 0.0940. The second kappa shape index (κ2) is 7.64. The molecule has 0 unspecified atom stereocenters. The van der Waals surface area contributed by atoms with Gasteiger partial charge in [0.15, 0.2) is 11.5 Å². The van der Waals surface area contributed by atoms with Crippen molar-refractivity contribution in [3.63, 3.8) is 0 Å². The van der Waals surface area contributed by atoms with Crippen LogP contribution in [0.2, 0.25) is 5.02 Å². The number of anilines is 1. The van der Waals surface area contributed by atoms with Crippen molar-refractivity contribution in [2.24, 2.45) is 0 Å². The number of nitrogens with zero attached hydrogens (tertiary/aromatic N) is 4. The third-order valence-electron chi connectivity index (χ3n) is 4.87. The molecular formula is C21H19ClN6O2. The van der Waals surface area contributed by atoms with E-state index < -0.39 is 11.9 Å². The molecule has 9 heteroatoms. The first-order valence-corrected chi connectivity index (χ1v) is 9.62. The predicted molar refractivity (Wildman–Crippen MR) is 117 cm³/mol. The van der Waals surface area contributed by atoms with E-state index >= 15 is 0 Å². The van der Waals surface area contributed by atoms with Crippen molar-refractivity contribution >= 4 is 39.7 Å². The van der Waals surface area contributed by atoms with Crippen molar-refractivity contribution in [2.75, 3.05) is 5.73 Å². The van der Waals surface area contributed by atoms with Crippen LogP contribution in [0.25, 0.3) is 16.4 Å². The van der Waals surface area contributed by atoms with Gasteiger partial charge in [-0.15, -0.1) is 11.7 Å². The number of nitrogens with one attached hydrogen (secondary N) is 1. The van der Waals surface area contributed by atoms with E-state index in [2.05, 4.69) is 22.0 Å². The summed E-state index contributed by atoms with van der Waals surface area (Å²) in [5.74, 6) is -0.357. The van der Waals surface area contributed by atoms with Gasteiger partial charge in [-0.05, 0) is 30.5 Å². The standard InChI is InChI=1S/C21H19ClN6O2/c1-3-9-27-15(11-13-6-4-7-14(22)16(13)21(27)30)12(2)25-20(29)17-18(23)26-28-10-5-8-24-19(17)28/h3-8,10-12H,1,9H2,2H3,(H2,23,26)(H,25,29)/t12-/m0/s1. The highest BCUT2D eigenvalue weighted by Crippen LogP contribution is 2.24. The first kappa shape index (κ1) is 19.7. The van der Waals surface area contributed by atoms with E-state index in [9.17, 15) is 9.59 Å². The molecule has 1 aromatic carbocycles. The number of nitrogens with two attached hydrogens (primary N) is 1. The van der Waals surface area contributed by atoms with Gasteiger partial charge in [0.2, 0.25) is 0 Å². The number of fused-ring (bicyclic) bond motifs is 2. The second-order valence-corrected chi connectivity index (χ2v) is 7.23. The average Bonchev–Trinajstić information content (AvgIpc) is 3.05. The Morgan fingerprint density at radius 3 is 2.97 bits per heavy atom. The van der Waals surface area contributed by atoms with Crippen LogP contribution in [0.4, 0.5) is 5.82 Å². The van der Waals surface area contributed by atoms with Crippen molar-refractivity contribution in [3.8, 4) is 0 Å². The van der Waals surface area contributed by atoms with E-state index in [-0.39, 0.29) is 23.5 Å². The second-order valence-electron chi connectivity index (χ2n) is 6.82. The SMILES string of the molecule is C=CCn1c([C@H](C)NC(=O)c2c(N)nn3cccnc23)cc2cccc(Cl)c2c1=O. The topological polar surface area (TPSA) is 107 Å². The van der Waals surface area contributed by atoms with Gasteiger partial charge in [-0.25, -0.2) is 9.50 Å². The molecule has 0 spiro atoms. The molecule has 0 aliphatic rings. The molecule has 30 heavy (non-hydrogen) atoms. The number of pyridine rings is 1. The maximum atomic E-state index is 13.1. The monoisotopic (exact) mass is 422 g/mol. The third-order valence-corrected chi connectivity index (χ3v) is 5.19. The summed E-state index contributed by atoms with van der Waals surface area (Å²) in [4.78, 5) is 30.3.